The standard InChI is InChI=1S/C17H38N2Si/c1-7-12-18(13-8-2)17(20(6)16-11-5)19(14-9-3)15-10-4/h11,16-17,20H,7-10,12-15H2,1-6H3. The fourth-order valence-corrected chi connectivity index (χ4v) is 5.93. The lowest BCUT2D eigenvalue weighted by molar-refractivity contribution is 0.0935. The van der Waals surface area contributed by atoms with Crippen LogP contribution in [-0.2, 0) is 0 Å². The molecule has 1 unspecified atom stereocenters. The maximum atomic E-state index is 2.77. The Morgan fingerprint density at radius 1 is 0.800 bits per heavy atom. The van der Waals surface area contributed by atoms with Gasteiger partial charge in [0.05, 0.1) is 14.6 Å². The zero-order valence-electron chi connectivity index (χ0n) is 14.9. The molecule has 120 valence electrons. The maximum Gasteiger partial charge on any atom is 0.0951 e. The van der Waals surface area contributed by atoms with Gasteiger partial charge in [-0.15, -0.1) is 0 Å². The average molecular weight is 299 g/mol. The first-order chi connectivity index (χ1) is 9.65. The predicted octanol–water partition coefficient (Wildman–Crippen LogP) is 4.07. The Bertz CT molecular complexity index is 215. The molecule has 0 fully saturated rings. The van der Waals surface area contributed by atoms with E-state index in [1.807, 2.05) is 0 Å². The van der Waals surface area contributed by atoms with E-state index in [-0.39, 0.29) is 0 Å². The predicted molar refractivity (Wildman–Crippen MR) is 95.9 cm³/mol. The molecule has 0 radical (unpaired) electrons. The molecule has 0 aromatic carbocycles. The molecule has 0 aromatic rings. The number of rotatable bonds is 12. The van der Waals surface area contributed by atoms with Crippen LogP contribution in [0.25, 0.3) is 0 Å². The van der Waals surface area contributed by atoms with Crippen molar-refractivity contribution in [2.24, 2.45) is 0 Å². The molecule has 0 aliphatic carbocycles. The minimum atomic E-state index is -0.888. The summed E-state index contributed by atoms with van der Waals surface area (Å²) in [5.41, 5.74) is 2.52. The van der Waals surface area contributed by atoms with Crippen molar-refractivity contribution in [2.75, 3.05) is 26.2 Å². The van der Waals surface area contributed by atoms with Gasteiger partial charge in [-0.3, -0.25) is 9.80 Å². The van der Waals surface area contributed by atoms with Crippen molar-refractivity contribution in [1.82, 2.24) is 9.80 Å². The molecule has 0 amide bonds. The normalized spacial score (nSPS) is 14.1. The Hall–Kier alpha value is -0.123. The van der Waals surface area contributed by atoms with Gasteiger partial charge in [0.1, 0.15) is 0 Å². The molecule has 0 aromatic heterocycles. The van der Waals surface area contributed by atoms with Crippen LogP contribution >= 0.6 is 0 Å². The smallest absolute Gasteiger partial charge is 0.0951 e. The van der Waals surface area contributed by atoms with Crippen molar-refractivity contribution in [1.29, 1.82) is 0 Å². The minimum absolute atomic E-state index is 0.700. The topological polar surface area (TPSA) is 6.48 Å². The van der Waals surface area contributed by atoms with Crippen LogP contribution in [-0.4, -0.2) is 50.6 Å². The molecule has 3 heteroatoms. The van der Waals surface area contributed by atoms with Crippen molar-refractivity contribution in [3.8, 4) is 0 Å². The number of hydrogen-bond donors (Lipinski definition) is 0. The highest BCUT2D eigenvalue weighted by Crippen LogP contribution is 2.14. The first kappa shape index (κ1) is 19.9. The second-order valence-electron chi connectivity index (χ2n) is 5.87. The van der Waals surface area contributed by atoms with E-state index in [2.05, 4.69) is 62.7 Å². The maximum absolute atomic E-state index is 2.77. The summed E-state index contributed by atoms with van der Waals surface area (Å²) in [6, 6.07) is 0. The lowest BCUT2D eigenvalue weighted by atomic mass is 10.3. The molecular weight excluding hydrogens is 260 g/mol. The molecule has 0 spiro atoms. The van der Waals surface area contributed by atoms with Crippen LogP contribution in [0.2, 0.25) is 6.55 Å². The summed E-state index contributed by atoms with van der Waals surface area (Å²) < 4.78 is 0. The molecule has 0 saturated carbocycles. The molecule has 0 heterocycles. The summed E-state index contributed by atoms with van der Waals surface area (Å²) in [7, 11) is -0.888. The van der Waals surface area contributed by atoms with E-state index in [9.17, 15) is 0 Å². The lowest BCUT2D eigenvalue weighted by Crippen LogP contribution is -2.56. The van der Waals surface area contributed by atoms with Gasteiger partial charge in [-0.1, -0.05) is 46.0 Å². The van der Waals surface area contributed by atoms with Crippen molar-refractivity contribution in [3.63, 3.8) is 0 Å². The van der Waals surface area contributed by atoms with Gasteiger partial charge in [-0.25, -0.2) is 0 Å². The van der Waals surface area contributed by atoms with Crippen LogP contribution in [0.5, 0.6) is 0 Å². The summed E-state index contributed by atoms with van der Waals surface area (Å²) >= 11 is 0. The van der Waals surface area contributed by atoms with Gasteiger partial charge in [-0.2, -0.15) is 0 Å². The minimum Gasteiger partial charge on any atom is -0.291 e. The van der Waals surface area contributed by atoms with Crippen molar-refractivity contribution in [3.05, 3.63) is 11.8 Å². The Balaban J connectivity index is 5.15. The van der Waals surface area contributed by atoms with E-state index in [0.717, 1.165) is 0 Å². The van der Waals surface area contributed by atoms with E-state index >= 15 is 0 Å². The molecule has 0 bridgehead atoms. The lowest BCUT2D eigenvalue weighted by Gasteiger charge is -2.42. The zero-order valence-corrected chi connectivity index (χ0v) is 16.0. The van der Waals surface area contributed by atoms with Crippen molar-refractivity contribution >= 4 is 8.80 Å². The second kappa shape index (κ2) is 12.6. The fraction of sp³-hybridized carbons (Fsp3) is 0.882. The molecule has 1 atom stereocenters. The third-order valence-corrected chi connectivity index (χ3v) is 6.53. The van der Waals surface area contributed by atoms with Gasteiger partial charge in [0, 0.05) is 0 Å². The average Bonchev–Trinajstić information content (AvgIpc) is 2.40. The Kier molecular flexibility index (Phi) is 12.5. The highest BCUT2D eigenvalue weighted by Gasteiger charge is 2.28. The summed E-state index contributed by atoms with van der Waals surface area (Å²) in [5.74, 6) is 0.700. The Labute approximate surface area is 129 Å². The number of hydrogen-bond acceptors (Lipinski definition) is 2. The molecule has 2 nitrogen and oxygen atoms in total. The third-order valence-electron chi connectivity index (χ3n) is 3.76. The highest BCUT2D eigenvalue weighted by atomic mass is 28.3. The fourth-order valence-electron chi connectivity index (χ4n) is 3.20. The first-order valence-electron chi connectivity index (χ1n) is 8.76. The zero-order chi connectivity index (χ0) is 15.4. The molecule has 0 rings (SSSR count). The second-order valence-corrected chi connectivity index (χ2v) is 8.57. The van der Waals surface area contributed by atoms with Gasteiger partial charge in [0.25, 0.3) is 0 Å². The van der Waals surface area contributed by atoms with Crippen LogP contribution in [0.4, 0.5) is 0 Å². The van der Waals surface area contributed by atoms with Crippen molar-refractivity contribution < 1.29 is 0 Å². The molecule has 0 aliphatic heterocycles. The first-order valence-corrected chi connectivity index (χ1v) is 11.3. The van der Waals surface area contributed by atoms with E-state index in [1.165, 1.54) is 51.9 Å². The van der Waals surface area contributed by atoms with E-state index < -0.39 is 8.80 Å². The molecule has 0 aliphatic rings. The third kappa shape index (κ3) is 7.05. The van der Waals surface area contributed by atoms with E-state index in [1.54, 1.807) is 0 Å². The van der Waals surface area contributed by atoms with Crippen LogP contribution in [0.3, 0.4) is 0 Å². The van der Waals surface area contributed by atoms with Crippen molar-refractivity contribution in [2.45, 2.75) is 72.6 Å². The summed E-state index contributed by atoms with van der Waals surface area (Å²) in [4.78, 5) is 5.53. The van der Waals surface area contributed by atoms with E-state index in [4.69, 9.17) is 0 Å². The number of allylic oxidation sites excluding steroid dienone is 1. The van der Waals surface area contributed by atoms with Gasteiger partial charge in [-0.05, 0) is 58.8 Å². The monoisotopic (exact) mass is 298 g/mol. The quantitative estimate of drug-likeness (QED) is 0.396. The van der Waals surface area contributed by atoms with Crippen LogP contribution in [0, 0.1) is 0 Å². The Morgan fingerprint density at radius 3 is 1.40 bits per heavy atom. The number of nitrogens with zero attached hydrogens (tertiary/aromatic N) is 2. The molecule has 0 N–H and O–H groups in total. The SMILES string of the molecule is CC=C[SiH](C)C(N(CCC)CCC)N(CCC)CCC. The molecule has 20 heavy (non-hydrogen) atoms. The largest absolute Gasteiger partial charge is 0.291 e. The van der Waals surface area contributed by atoms with E-state index in [0.29, 0.717) is 5.79 Å². The van der Waals surface area contributed by atoms with Gasteiger partial charge in [0.15, 0.2) is 0 Å². The molecular formula is C17H38N2Si. The molecule has 0 saturated heterocycles. The highest BCUT2D eigenvalue weighted by molar-refractivity contribution is 6.64. The Morgan fingerprint density at radius 2 is 1.15 bits per heavy atom. The van der Waals surface area contributed by atoms with Gasteiger partial charge in [0.2, 0.25) is 0 Å². The summed E-state index contributed by atoms with van der Waals surface area (Å²) in [6.07, 6.45) is 7.33. The van der Waals surface area contributed by atoms with Crippen LogP contribution in [0.15, 0.2) is 11.8 Å². The summed E-state index contributed by atoms with van der Waals surface area (Å²) in [5, 5.41) is 0. The van der Waals surface area contributed by atoms with Gasteiger partial charge < -0.3 is 0 Å². The van der Waals surface area contributed by atoms with Crippen LogP contribution in [0.1, 0.15) is 60.3 Å². The summed E-state index contributed by atoms with van der Waals surface area (Å²) in [6.45, 7) is 18.9. The van der Waals surface area contributed by atoms with Crippen LogP contribution < -0.4 is 0 Å². The van der Waals surface area contributed by atoms with Gasteiger partial charge >= 0.3 is 0 Å².